The molecule has 0 aromatic heterocycles. The van der Waals surface area contributed by atoms with Gasteiger partial charge in [-0.1, -0.05) is 26.1 Å². The molecule has 0 saturated carbocycles. The zero-order valence-electron chi connectivity index (χ0n) is 9.72. The molecule has 0 aliphatic carbocycles. The number of aryl methyl sites for hydroxylation is 1. The monoisotopic (exact) mass is 347 g/mol. The summed E-state index contributed by atoms with van der Waals surface area (Å²) in [5, 5.41) is 2.69. The molecule has 0 spiro atoms. The van der Waals surface area contributed by atoms with Crippen LogP contribution in [0.5, 0.6) is 0 Å². The van der Waals surface area contributed by atoms with Crippen molar-refractivity contribution >= 4 is 37.3 Å². The standard InChI is InChI=1S/C10H9.C2H6Si.2ClH.Zr/c1-8-6-9-4-2-3-5-10(9)7-8;1-3-2;;;/h2-7H,1H3;1-2H3;2*1H;/q-1;;;;+2/p-2. The minimum absolute atomic E-state index is 0.826. The number of hydrogen-bond acceptors (Lipinski definition) is 0. The third-order valence-electron chi connectivity index (χ3n) is 1.76. The Kier molecular flexibility index (Phi) is 11.0. The Balaban J connectivity index is 0.000000321. The van der Waals surface area contributed by atoms with Gasteiger partial charge in [-0.05, 0) is 0 Å². The van der Waals surface area contributed by atoms with Gasteiger partial charge in [0.2, 0.25) is 0 Å². The van der Waals surface area contributed by atoms with Crippen molar-refractivity contribution in [2.24, 2.45) is 0 Å². The van der Waals surface area contributed by atoms with Crippen LogP contribution in [0, 0.1) is 6.92 Å². The van der Waals surface area contributed by atoms with Crippen LogP contribution in [0.15, 0.2) is 36.4 Å². The van der Waals surface area contributed by atoms with Gasteiger partial charge in [0.25, 0.3) is 0 Å². The molecule has 2 aromatic carbocycles. The summed E-state index contributed by atoms with van der Waals surface area (Å²) in [7, 11) is 11.0. The van der Waals surface area contributed by atoms with Crippen molar-refractivity contribution in [3.8, 4) is 0 Å². The molecule has 0 aliphatic heterocycles. The molecule has 0 saturated heterocycles. The fourth-order valence-corrected chi connectivity index (χ4v) is 1.31. The van der Waals surface area contributed by atoms with Crippen LogP contribution in [-0.4, -0.2) is 9.52 Å². The fourth-order valence-electron chi connectivity index (χ4n) is 1.31. The Bertz CT molecular complexity index is 352. The first kappa shape index (κ1) is 16.5. The summed E-state index contributed by atoms with van der Waals surface area (Å²) in [6, 6.07) is 12.8. The van der Waals surface area contributed by atoms with E-state index in [0.717, 1.165) is 9.52 Å². The van der Waals surface area contributed by atoms with Gasteiger partial charge in [0.15, 0.2) is 0 Å². The quantitative estimate of drug-likeness (QED) is 0.462. The Morgan fingerprint density at radius 3 is 2.19 bits per heavy atom. The molecular weight excluding hydrogens is 334 g/mol. The molecular formula is C12H15Cl2SiZr-. The van der Waals surface area contributed by atoms with Gasteiger partial charge >= 0.3 is 37.9 Å². The average Bonchev–Trinajstić information content (AvgIpc) is 2.60. The van der Waals surface area contributed by atoms with Crippen LogP contribution in [-0.2, 0) is 20.8 Å². The number of halogens is 2. The van der Waals surface area contributed by atoms with Crippen LogP contribution in [0.4, 0.5) is 0 Å². The van der Waals surface area contributed by atoms with E-state index in [9.17, 15) is 0 Å². The van der Waals surface area contributed by atoms with Crippen molar-refractivity contribution < 1.29 is 20.8 Å². The Morgan fingerprint density at radius 2 is 1.69 bits per heavy atom. The molecule has 2 rings (SSSR count). The van der Waals surface area contributed by atoms with Crippen molar-refractivity contribution in [1.82, 2.24) is 0 Å². The number of rotatable bonds is 0. The van der Waals surface area contributed by atoms with Gasteiger partial charge in [-0.25, -0.2) is 0 Å². The zero-order valence-corrected chi connectivity index (χ0v) is 14.7. The second-order valence-electron chi connectivity index (χ2n) is 3.23. The molecule has 0 fully saturated rings. The Morgan fingerprint density at radius 1 is 1.19 bits per heavy atom. The van der Waals surface area contributed by atoms with Gasteiger partial charge in [0.1, 0.15) is 0 Å². The minimum atomic E-state index is -0.826. The molecule has 0 aliphatic rings. The second-order valence-corrected chi connectivity index (χ2v) is 7.96. The van der Waals surface area contributed by atoms with Gasteiger partial charge in [0, 0.05) is 9.52 Å². The molecule has 0 N–H and O–H groups in total. The van der Waals surface area contributed by atoms with Crippen molar-refractivity contribution in [2.75, 3.05) is 0 Å². The summed E-state index contributed by atoms with van der Waals surface area (Å²) in [6.07, 6.45) is 0. The van der Waals surface area contributed by atoms with Crippen molar-refractivity contribution in [3.05, 3.63) is 42.0 Å². The molecule has 2 radical (unpaired) electrons. The summed E-state index contributed by atoms with van der Waals surface area (Å²) >= 11 is -0.826. The normalized spacial score (nSPS) is 8.56. The molecule has 0 unspecified atom stereocenters. The van der Waals surface area contributed by atoms with E-state index in [2.05, 4.69) is 56.4 Å². The van der Waals surface area contributed by atoms with Crippen LogP contribution in [0.1, 0.15) is 5.56 Å². The molecule has 0 bridgehead atoms. The maximum atomic E-state index is 4.93. The maximum absolute atomic E-state index is 4.93. The zero-order chi connectivity index (χ0) is 12.4. The van der Waals surface area contributed by atoms with E-state index in [1.807, 2.05) is 0 Å². The summed E-state index contributed by atoms with van der Waals surface area (Å²) in [5.74, 6) is 0. The molecule has 2 aromatic rings. The third-order valence-corrected chi connectivity index (χ3v) is 1.76. The van der Waals surface area contributed by atoms with E-state index in [1.54, 1.807) is 0 Å². The van der Waals surface area contributed by atoms with E-state index in [4.69, 9.17) is 17.0 Å². The van der Waals surface area contributed by atoms with Gasteiger partial charge < -0.3 is 0 Å². The average molecular weight is 349 g/mol. The molecule has 0 atom stereocenters. The SMILES string of the molecule is C[Si]C.Cc1cc2ccccc2[cH-]1.[Cl][Zr][Cl]. The topological polar surface area (TPSA) is 0 Å². The first-order valence-corrected chi connectivity index (χ1v) is 13.2. The van der Waals surface area contributed by atoms with Crippen LogP contribution >= 0.6 is 17.0 Å². The van der Waals surface area contributed by atoms with Crippen LogP contribution in [0.25, 0.3) is 10.8 Å². The van der Waals surface area contributed by atoms with Gasteiger partial charge in [0.05, 0.1) is 0 Å². The summed E-state index contributed by atoms with van der Waals surface area (Å²) in [6.45, 7) is 6.43. The van der Waals surface area contributed by atoms with Gasteiger partial charge in [-0.15, -0.1) is 40.6 Å². The Hall–Kier alpha value is 0.510. The summed E-state index contributed by atoms with van der Waals surface area (Å²) in [4.78, 5) is 0. The molecule has 0 amide bonds. The molecule has 0 heterocycles. The summed E-state index contributed by atoms with van der Waals surface area (Å²) in [5.41, 5.74) is 1.35. The van der Waals surface area contributed by atoms with Crippen molar-refractivity contribution in [3.63, 3.8) is 0 Å². The van der Waals surface area contributed by atoms with Gasteiger partial charge in [-0.2, -0.15) is 6.07 Å². The van der Waals surface area contributed by atoms with E-state index in [-0.39, 0.29) is 0 Å². The van der Waals surface area contributed by atoms with Crippen molar-refractivity contribution in [1.29, 1.82) is 0 Å². The predicted molar refractivity (Wildman–Crippen MR) is 73.5 cm³/mol. The fraction of sp³-hybridized carbons (Fsp3) is 0.250. The van der Waals surface area contributed by atoms with Crippen molar-refractivity contribution in [2.45, 2.75) is 20.0 Å². The van der Waals surface area contributed by atoms with Gasteiger partial charge in [-0.3, -0.25) is 0 Å². The van der Waals surface area contributed by atoms with E-state index in [1.165, 1.54) is 16.3 Å². The van der Waals surface area contributed by atoms with E-state index >= 15 is 0 Å². The van der Waals surface area contributed by atoms with Crippen LogP contribution in [0.3, 0.4) is 0 Å². The number of hydrogen-bond donors (Lipinski definition) is 0. The first-order chi connectivity index (χ1) is 7.69. The van der Waals surface area contributed by atoms with Crippen LogP contribution < -0.4 is 0 Å². The molecule has 4 heteroatoms. The second kappa shape index (κ2) is 10.7. The van der Waals surface area contributed by atoms with E-state index in [0.29, 0.717) is 0 Å². The summed E-state index contributed by atoms with van der Waals surface area (Å²) < 4.78 is 0. The van der Waals surface area contributed by atoms with Crippen LogP contribution in [0.2, 0.25) is 13.1 Å². The number of fused-ring (bicyclic) bond motifs is 1. The predicted octanol–water partition coefficient (Wildman–Crippen LogP) is 5.03. The molecule has 86 valence electrons. The molecule has 0 nitrogen and oxygen atoms in total. The van der Waals surface area contributed by atoms with E-state index < -0.39 is 20.8 Å². The first-order valence-electron chi connectivity index (χ1n) is 4.86. The third kappa shape index (κ3) is 6.96. The number of benzene rings is 1. The molecule has 16 heavy (non-hydrogen) atoms. The Labute approximate surface area is 119 Å².